The summed E-state index contributed by atoms with van der Waals surface area (Å²) in [4.78, 5) is 29.6. The van der Waals surface area contributed by atoms with Crippen LogP contribution in [0.4, 0.5) is 0 Å². The molecule has 0 N–H and O–H groups in total. The van der Waals surface area contributed by atoms with E-state index in [9.17, 15) is 9.59 Å². The van der Waals surface area contributed by atoms with Gasteiger partial charge in [0.05, 0.1) is 20.1 Å². The van der Waals surface area contributed by atoms with Crippen LogP contribution in [0.5, 0.6) is 5.75 Å². The molecule has 2 fully saturated rings. The van der Waals surface area contributed by atoms with Crippen LogP contribution >= 0.6 is 0 Å². The number of aryl methyl sites for hydroxylation is 1. The molecular formula is C24H31N3O3. The fourth-order valence-corrected chi connectivity index (χ4v) is 4.43. The van der Waals surface area contributed by atoms with E-state index in [1.165, 1.54) is 18.5 Å². The van der Waals surface area contributed by atoms with E-state index in [-0.39, 0.29) is 11.7 Å². The summed E-state index contributed by atoms with van der Waals surface area (Å²) in [5.41, 5.74) is 4.14. The Balaban J connectivity index is 1.28. The maximum Gasteiger partial charge on any atom is 0.227 e. The fourth-order valence-electron chi connectivity index (χ4n) is 4.43. The Bertz CT molecular complexity index is 920. The summed E-state index contributed by atoms with van der Waals surface area (Å²) >= 11 is 0. The van der Waals surface area contributed by atoms with Crippen LogP contribution in [0, 0.1) is 13.8 Å². The Kier molecular flexibility index (Phi) is 5.95. The van der Waals surface area contributed by atoms with Gasteiger partial charge in [0.1, 0.15) is 5.75 Å². The highest BCUT2D eigenvalue weighted by molar-refractivity contribution is 5.99. The lowest BCUT2D eigenvalue weighted by molar-refractivity contribution is -0.132. The number of hydrogen-bond donors (Lipinski definition) is 0. The van der Waals surface area contributed by atoms with E-state index in [0.29, 0.717) is 32.1 Å². The molecule has 1 aliphatic carbocycles. The third-order valence-electron chi connectivity index (χ3n) is 6.30. The van der Waals surface area contributed by atoms with Gasteiger partial charge in [0, 0.05) is 49.2 Å². The highest BCUT2D eigenvalue weighted by Crippen LogP contribution is 2.38. The molecule has 0 atom stereocenters. The molecule has 30 heavy (non-hydrogen) atoms. The van der Waals surface area contributed by atoms with Crippen molar-refractivity contribution in [2.45, 2.75) is 39.2 Å². The molecule has 0 unspecified atom stereocenters. The van der Waals surface area contributed by atoms with E-state index < -0.39 is 0 Å². The van der Waals surface area contributed by atoms with Crippen LogP contribution in [0.3, 0.4) is 0 Å². The predicted octanol–water partition coefficient (Wildman–Crippen LogP) is 3.02. The topological polar surface area (TPSA) is 54.8 Å². The van der Waals surface area contributed by atoms with Crippen molar-refractivity contribution in [2.24, 2.45) is 0 Å². The van der Waals surface area contributed by atoms with Crippen LogP contribution in [-0.2, 0) is 11.2 Å². The molecule has 0 radical (unpaired) electrons. The van der Waals surface area contributed by atoms with Gasteiger partial charge in [0.25, 0.3) is 0 Å². The lowest BCUT2D eigenvalue weighted by Gasteiger charge is -2.34. The molecule has 1 saturated heterocycles. The summed E-state index contributed by atoms with van der Waals surface area (Å²) in [5, 5.41) is 0. The minimum atomic E-state index is 0.138. The second-order valence-corrected chi connectivity index (χ2v) is 8.49. The third-order valence-corrected chi connectivity index (χ3v) is 6.30. The Hall–Kier alpha value is -2.60. The molecule has 2 aliphatic rings. The maximum atomic E-state index is 12.9. The Morgan fingerprint density at radius 2 is 1.70 bits per heavy atom. The summed E-state index contributed by atoms with van der Waals surface area (Å²) in [7, 11) is 1.63. The first-order chi connectivity index (χ1) is 14.5. The lowest BCUT2D eigenvalue weighted by Crippen LogP contribution is -2.50. The second kappa shape index (κ2) is 8.64. The first-order valence-electron chi connectivity index (χ1n) is 10.8. The van der Waals surface area contributed by atoms with Gasteiger partial charge in [-0.3, -0.25) is 14.5 Å². The molecule has 2 aromatic rings. The van der Waals surface area contributed by atoms with Gasteiger partial charge in [-0.2, -0.15) is 0 Å². The van der Waals surface area contributed by atoms with E-state index in [1.54, 1.807) is 7.11 Å². The molecular weight excluding hydrogens is 378 g/mol. The molecule has 1 amide bonds. The zero-order valence-electron chi connectivity index (χ0n) is 18.2. The third kappa shape index (κ3) is 4.43. The van der Waals surface area contributed by atoms with E-state index in [1.807, 2.05) is 35.2 Å². The summed E-state index contributed by atoms with van der Waals surface area (Å²) in [6.07, 6.45) is 2.84. The number of Topliss-reactive ketones (excluding diaryl/α,β-unsaturated/α-hetero) is 1. The Morgan fingerprint density at radius 1 is 1.03 bits per heavy atom. The van der Waals surface area contributed by atoms with Crippen molar-refractivity contribution in [3.05, 3.63) is 52.8 Å². The summed E-state index contributed by atoms with van der Waals surface area (Å²) < 4.78 is 7.49. The number of nitrogens with zero attached hydrogens (tertiary/aromatic N) is 3. The summed E-state index contributed by atoms with van der Waals surface area (Å²) in [6, 6.07) is 10.3. The van der Waals surface area contributed by atoms with Gasteiger partial charge in [-0.1, -0.05) is 12.1 Å². The number of rotatable bonds is 7. The van der Waals surface area contributed by atoms with Gasteiger partial charge in [-0.15, -0.1) is 0 Å². The first-order valence-corrected chi connectivity index (χ1v) is 10.8. The van der Waals surface area contributed by atoms with E-state index in [0.717, 1.165) is 35.7 Å². The predicted molar refractivity (Wildman–Crippen MR) is 116 cm³/mol. The van der Waals surface area contributed by atoms with Gasteiger partial charge in [-0.05, 0) is 50.5 Å². The van der Waals surface area contributed by atoms with Crippen LogP contribution in [0.2, 0.25) is 0 Å². The number of carbonyl (C=O) groups is 2. The highest BCUT2D eigenvalue weighted by atomic mass is 16.5. The molecule has 1 aromatic heterocycles. The normalized spacial score (nSPS) is 17.2. The van der Waals surface area contributed by atoms with Gasteiger partial charge < -0.3 is 14.2 Å². The Morgan fingerprint density at radius 3 is 2.30 bits per heavy atom. The molecule has 1 aliphatic heterocycles. The zero-order chi connectivity index (χ0) is 21.3. The number of carbonyl (C=O) groups excluding carboxylic acids is 2. The van der Waals surface area contributed by atoms with E-state index in [2.05, 4.69) is 23.3 Å². The monoisotopic (exact) mass is 409 g/mol. The molecule has 0 bridgehead atoms. The van der Waals surface area contributed by atoms with Crippen LogP contribution in [0.25, 0.3) is 0 Å². The minimum Gasteiger partial charge on any atom is -0.497 e. The average Bonchev–Trinajstić information content (AvgIpc) is 3.53. The van der Waals surface area contributed by atoms with Gasteiger partial charge in [0.2, 0.25) is 5.91 Å². The average molecular weight is 410 g/mol. The largest absolute Gasteiger partial charge is 0.497 e. The molecule has 2 heterocycles. The van der Waals surface area contributed by atoms with Crippen molar-refractivity contribution in [3.63, 3.8) is 0 Å². The number of amides is 1. The quantitative estimate of drug-likeness (QED) is 0.660. The number of aromatic nitrogens is 1. The number of hydrogen-bond acceptors (Lipinski definition) is 4. The number of ketones is 1. The van der Waals surface area contributed by atoms with Crippen LogP contribution in [0.1, 0.15) is 46.2 Å². The van der Waals surface area contributed by atoms with Crippen molar-refractivity contribution in [3.8, 4) is 5.75 Å². The van der Waals surface area contributed by atoms with Crippen LogP contribution < -0.4 is 4.74 Å². The van der Waals surface area contributed by atoms with Crippen LogP contribution in [0.15, 0.2) is 30.3 Å². The molecule has 6 heteroatoms. The second-order valence-electron chi connectivity index (χ2n) is 8.49. The molecule has 1 saturated carbocycles. The smallest absolute Gasteiger partial charge is 0.227 e. The summed E-state index contributed by atoms with van der Waals surface area (Å²) in [6.45, 7) is 7.40. The van der Waals surface area contributed by atoms with Crippen molar-refractivity contribution in [1.29, 1.82) is 0 Å². The van der Waals surface area contributed by atoms with E-state index >= 15 is 0 Å². The van der Waals surface area contributed by atoms with Gasteiger partial charge in [-0.25, -0.2) is 0 Å². The van der Waals surface area contributed by atoms with Crippen molar-refractivity contribution in [2.75, 3.05) is 39.8 Å². The fraction of sp³-hybridized carbons (Fsp3) is 0.500. The number of ether oxygens (including phenoxy) is 1. The van der Waals surface area contributed by atoms with E-state index in [4.69, 9.17) is 4.74 Å². The number of methoxy groups -OCH3 is 1. The Labute approximate surface area is 178 Å². The van der Waals surface area contributed by atoms with Gasteiger partial charge >= 0.3 is 0 Å². The molecule has 6 nitrogen and oxygen atoms in total. The molecule has 160 valence electrons. The van der Waals surface area contributed by atoms with Crippen molar-refractivity contribution in [1.82, 2.24) is 14.4 Å². The first kappa shape index (κ1) is 20.7. The van der Waals surface area contributed by atoms with Crippen molar-refractivity contribution >= 4 is 11.7 Å². The molecule has 4 rings (SSSR count). The molecule has 0 spiro atoms. The van der Waals surface area contributed by atoms with Crippen LogP contribution in [-0.4, -0.2) is 65.9 Å². The SMILES string of the molecule is COc1ccc(CC(=O)N2CCN(CC(=O)c3cc(C)n(C4CC4)c3C)CC2)cc1. The molecule has 1 aromatic carbocycles. The van der Waals surface area contributed by atoms with Crippen molar-refractivity contribution < 1.29 is 14.3 Å². The number of piperazine rings is 1. The minimum absolute atomic E-state index is 0.138. The lowest BCUT2D eigenvalue weighted by atomic mass is 10.1. The number of benzene rings is 1. The van der Waals surface area contributed by atoms with Gasteiger partial charge in [0.15, 0.2) is 5.78 Å². The highest BCUT2D eigenvalue weighted by Gasteiger charge is 2.29. The summed E-state index contributed by atoms with van der Waals surface area (Å²) in [5.74, 6) is 1.12. The zero-order valence-corrected chi connectivity index (χ0v) is 18.2. The maximum absolute atomic E-state index is 12.9. The standard InChI is InChI=1S/C24H31N3O3/c1-17-14-22(18(2)27(17)20-6-7-20)23(28)16-25-10-12-26(13-11-25)24(29)15-19-4-8-21(30-3)9-5-19/h4-5,8-9,14,20H,6-7,10-13,15-16H2,1-3H3.